The minimum Gasteiger partial charge on any atom is -0.339 e. The maximum atomic E-state index is 11.8. The Hall–Kier alpha value is -0.990. The molecule has 3 aliphatic rings. The lowest BCUT2D eigenvalue weighted by Gasteiger charge is -2.42. The summed E-state index contributed by atoms with van der Waals surface area (Å²) in [6.07, 6.45) is 3.52. The molecule has 0 amide bonds. The standard InChI is InChI=1S/C12H18N4O3S/c1-20(17,18)16-4-9(12(7-16)5-13-6-12)11-14-10(15-19-11)8-2-3-8/h8-9,13H,2-7H2,1H3. The minimum absolute atomic E-state index is 0.0125. The molecule has 2 saturated heterocycles. The lowest BCUT2D eigenvalue weighted by molar-refractivity contribution is 0.144. The monoisotopic (exact) mass is 298 g/mol. The van der Waals surface area contributed by atoms with Crippen LogP contribution >= 0.6 is 0 Å². The second kappa shape index (κ2) is 4.02. The first-order valence-electron chi connectivity index (χ1n) is 6.97. The van der Waals surface area contributed by atoms with Crippen LogP contribution in [0.1, 0.15) is 36.4 Å². The van der Waals surface area contributed by atoms with Crippen molar-refractivity contribution in [3.05, 3.63) is 11.7 Å². The maximum absolute atomic E-state index is 11.8. The molecule has 2 aliphatic heterocycles. The molecule has 4 rings (SSSR count). The van der Waals surface area contributed by atoms with Crippen LogP contribution in [0.2, 0.25) is 0 Å². The molecule has 3 heterocycles. The highest BCUT2D eigenvalue weighted by Gasteiger charge is 2.55. The van der Waals surface area contributed by atoms with Crippen LogP contribution in [0.4, 0.5) is 0 Å². The number of sulfonamides is 1. The number of aromatic nitrogens is 2. The number of nitrogens with one attached hydrogen (secondary N) is 1. The summed E-state index contributed by atoms with van der Waals surface area (Å²) >= 11 is 0. The molecular formula is C12H18N4O3S. The van der Waals surface area contributed by atoms with E-state index >= 15 is 0 Å². The average Bonchev–Trinajstić information content (AvgIpc) is 2.91. The zero-order valence-electron chi connectivity index (χ0n) is 11.4. The molecule has 110 valence electrons. The van der Waals surface area contributed by atoms with Gasteiger partial charge in [-0.2, -0.15) is 4.98 Å². The molecule has 1 atom stereocenters. The van der Waals surface area contributed by atoms with Crippen molar-refractivity contribution in [1.82, 2.24) is 19.8 Å². The Balaban J connectivity index is 1.64. The summed E-state index contributed by atoms with van der Waals surface area (Å²) in [5.41, 5.74) is -0.0730. The molecule has 0 radical (unpaired) electrons. The van der Waals surface area contributed by atoms with Crippen LogP contribution in [0.3, 0.4) is 0 Å². The summed E-state index contributed by atoms with van der Waals surface area (Å²) in [5.74, 6) is 1.87. The van der Waals surface area contributed by atoms with Gasteiger partial charge in [-0.25, -0.2) is 12.7 Å². The van der Waals surface area contributed by atoms with Crippen molar-refractivity contribution in [1.29, 1.82) is 0 Å². The normalized spacial score (nSPS) is 29.8. The van der Waals surface area contributed by atoms with E-state index in [0.717, 1.165) is 31.8 Å². The first-order chi connectivity index (χ1) is 9.48. The third kappa shape index (κ3) is 1.89. The smallest absolute Gasteiger partial charge is 0.231 e. The highest BCUT2D eigenvalue weighted by molar-refractivity contribution is 7.88. The van der Waals surface area contributed by atoms with Gasteiger partial charge in [-0.05, 0) is 12.8 Å². The SMILES string of the molecule is CS(=O)(=O)N1CC(c2nc(C3CC3)no2)C2(CNC2)C1. The van der Waals surface area contributed by atoms with E-state index in [1.807, 2.05) is 0 Å². The van der Waals surface area contributed by atoms with E-state index in [1.54, 1.807) is 4.31 Å². The molecule has 1 aliphatic carbocycles. The van der Waals surface area contributed by atoms with Gasteiger partial charge in [-0.15, -0.1) is 0 Å². The molecule has 0 bridgehead atoms. The molecule has 8 heteroatoms. The van der Waals surface area contributed by atoms with Gasteiger partial charge in [0.05, 0.1) is 12.2 Å². The molecule has 1 N–H and O–H groups in total. The van der Waals surface area contributed by atoms with Crippen molar-refractivity contribution >= 4 is 10.0 Å². The van der Waals surface area contributed by atoms with Gasteiger partial charge in [0.2, 0.25) is 15.9 Å². The van der Waals surface area contributed by atoms with E-state index < -0.39 is 10.0 Å². The van der Waals surface area contributed by atoms with Crippen molar-refractivity contribution in [2.24, 2.45) is 5.41 Å². The van der Waals surface area contributed by atoms with Crippen LogP contribution in [0.5, 0.6) is 0 Å². The molecule has 1 spiro atoms. The molecule has 1 saturated carbocycles. The van der Waals surface area contributed by atoms with Crippen molar-refractivity contribution < 1.29 is 12.9 Å². The predicted molar refractivity (Wildman–Crippen MR) is 70.7 cm³/mol. The number of hydrogen-bond acceptors (Lipinski definition) is 6. The summed E-state index contributed by atoms with van der Waals surface area (Å²) in [4.78, 5) is 4.52. The van der Waals surface area contributed by atoms with Crippen LogP contribution in [-0.4, -0.2) is 55.3 Å². The molecule has 3 fully saturated rings. The van der Waals surface area contributed by atoms with E-state index in [2.05, 4.69) is 15.5 Å². The fourth-order valence-corrected chi connectivity index (χ4v) is 4.13. The lowest BCUT2D eigenvalue weighted by Crippen LogP contribution is -2.57. The highest BCUT2D eigenvalue weighted by Crippen LogP contribution is 2.47. The summed E-state index contributed by atoms with van der Waals surface area (Å²) in [5, 5.41) is 7.31. The van der Waals surface area contributed by atoms with Gasteiger partial charge >= 0.3 is 0 Å². The maximum Gasteiger partial charge on any atom is 0.231 e. The Morgan fingerprint density at radius 3 is 2.70 bits per heavy atom. The number of hydrogen-bond donors (Lipinski definition) is 1. The second-order valence-corrected chi connectivity index (χ2v) is 8.32. The highest BCUT2D eigenvalue weighted by atomic mass is 32.2. The minimum atomic E-state index is -3.17. The molecule has 1 aromatic rings. The van der Waals surface area contributed by atoms with Crippen molar-refractivity contribution in [2.75, 3.05) is 32.4 Å². The summed E-state index contributed by atoms with van der Waals surface area (Å²) in [6.45, 7) is 2.62. The van der Waals surface area contributed by atoms with Crippen LogP contribution < -0.4 is 5.32 Å². The van der Waals surface area contributed by atoms with E-state index in [-0.39, 0.29) is 11.3 Å². The first kappa shape index (κ1) is 12.7. The third-order valence-corrected chi connectivity index (χ3v) is 5.95. The Bertz CT molecular complexity index is 633. The fourth-order valence-electron chi connectivity index (χ4n) is 3.22. The lowest BCUT2D eigenvalue weighted by atomic mass is 9.73. The van der Waals surface area contributed by atoms with Gasteiger partial charge < -0.3 is 9.84 Å². The Morgan fingerprint density at radius 1 is 1.40 bits per heavy atom. The Morgan fingerprint density at radius 2 is 2.15 bits per heavy atom. The van der Waals surface area contributed by atoms with Crippen molar-refractivity contribution in [3.63, 3.8) is 0 Å². The predicted octanol–water partition coefficient (Wildman–Crippen LogP) is -0.105. The van der Waals surface area contributed by atoms with Crippen molar-refractivity contribution in [3.8, 4) is 0 Å². The van der Waals surface area contributed by atoms with Crippen LogP contribution in [-0.2, 0) is 10.0 Å². The number of nitrogens with zero attached hydrogens (tertiary/aromatic N) is 3. The second-order valence-electron chi connectivity index (χ2n) is 6.34. The van der Waals surface area contributed by atoms with Gasteiger partial charge in [0, 0.05) is 37.5 Å². The van der Waals surface area contributed by atoms with Gasteiger partial charge in [0.1, 0.15) is 0 Å². The van der Waals surface area contributed by atoms with Gasteiger partial charge in [0.15, 0.2) is 5.82 Å². The Labute approximate surface area is 117 Å². The molecule has 7 nitrogen and oxygen atoms in total. The van der Waals surface area contributed by atoms with Gasteiger partial charge in [-0.3, -0.25) is 0 Å². The number of rotatable bonds is 3. The first-order valence-corrected chi connectivity index (χ1v) is 8.82. The summed E-state index contributed by atoms with van der Waals surface area (Å²) < 4.78 is 30.6. The zero-order chi connectivity index (χ0) is 14.0. The molecule has 20 heavy (non-hydrogen) atoms. The molecule has 1 aromatic heterocycles. The fraction of sp³-hybridized carbons (Fsp3) is 0.833. The topological polar surface area (TPSA) is 88.3 Å². The average molecular weight is 298 g/mol. The van der Waals surface area contributed by atoms with E-state index in [0.29, 0.717) is 24.9 Å². The van der Waals surface area contributed by atoms with Crippen LogP contribution in [0, 0.1) is 5.41 Å². The van der Waals surface area contributed by atoms with E-state index in [9.17, 15) is 8.42 Å². The summed E-state index contributed by atoms with van der Waals surface area (Å²) in [6, 6.07) is 0. The third-order valence-electron chi connectivity index (χ3n) is 4.74. The van der Waals surface area contributed by atoms with Gasteiger partial charge in [-0.1, -0.05) is 5.16 Å². The quantitative estimate of drug-likeness (QED) is 0.838. The molecule has 1 unspecified atom stereocenters. The van der Waals surface area contributed by atoms with E-state index in [1.165, 1.54) is 6.26 Å². The van der Waals surface area contributed by atoms with Crippen LogP contribution in [0.15, 0.2) is 4.52 Å². The van der Waals surface area contributed by atoms with Crippen molar-refractivity contribution in [2.45, 2.75) is 24.7 Å². The van der Waals surface area contributed by atoms with E-state index in [4.69, 9.17) is 4.52 Å². The van der Waals surface area contributed by atoms with Gasteiger partial charge in [0.25, 0.3) is 0 Å². The molecule has 0 aromatic carbocycles. The largest absolute Gasteiger partial charge is 0.339 e. The summed E-state index contributed by atoms with van der Waals surface area (Å²) in [7, 11) is -3.17. The zero-order valence-corrected chi connectivity index (χ0v) is 12.2. The molecular weight excluding hydrogens is 280 g/mol. The van der Waals surface area contributed by atoms with Crippen LogP contribution in [0.25, 0.3) is 0 Å². The Kier molecular flexibility index (Phi) is 2.56.